The molecule has 5 rings (SSSR count). The Kier molecular flexibility index (Phi) is 6.54. The number of rotatable bonds is 6. The van der Waals surface area contributed by atoms with Gasteiger partial charge in [-0.25, -0.2) is 19.3 Å². The molecule has 182 valence electrons. The molecule has 0 radical (unpaired) electrons. The Morgan fingerprint density at radius 2 is 1.89 bits per heavy atom. The Bertz CT molecular complexity index is 1200. The van der Waals surface area contributed by atoms with Crippen LogP contribution in [0.3, 0.4) is 0 Å². The number of piperazine rings is 1. The number of carbonyl (C=O) groups is 1. The fraction of sp³-hybridized carbons (Fsp3) is 0.400. The van der Waals surface area contributed by atoms with E-state index in [0.29, 0.717) is 43.4 Å². The van der Waals surface area contributed by atoms with Crippen LogP contribution in [0.1, 0.15) is 30.6 Å². The van der Waals surface area contributed by atoms with Gasteiger partial charge in [0.15, 0.2) is 5.82 Å². The van der Waals surface area contributed by atoms with Crippen molar-refractivity contribution in [2.45, 2.75) is 25.8 Å². The van der Waals surface area contributed by atoms with Crippen LogP contribution in [0.25, 0.3) is 11.5 Å². The molecule has 0 bridgehead atoms. The van der Waals surface area contributed by atoms with Crippen molar-refractivity contribution in [1.29, 1.82) is 0 Å². The molecule has 35 heavy (non-hydrogen) atoms. The topological polar surface area (TPSA) is 104 Å². The number of amides is 1. The Morgan fingerprint density at radius 1 is 1.09 bits per heavy atom. The highest BCUT2D eigenvalue weighted by molar-refractivity contribution is 5.73. The van der Waals surface area contributed by atoms with Crippen molar-refractivity contribution >= 4 is 17.5 Å². The third kappa shape index (κ3) is 5.07. The first kappa shape index (κ1) is 23.1. The van der Waals surface area contributed by atoms with E-state index >= 15 is 0 Å². The Labute approximate surface area is 203 Å². The molecule has 0 saturated carbocycles. The zero-order valence-electron chi connectivity index (χ0n) is 19.8. The number of aromatic nitrogens is 4. The monoisotopic (exact) mass is 476 g/mol. The Morgan fingerprint density at radius 3 is 2.63 bits per heavy atom. The summed E-state index contributed by atoms with van der Waals surface area (Å²) in [6.45, 7) is 6.41. The predicted molar refractivity (Wildman–Crippen MR) is 131 cm³/mol. The molecule has 1 saturated heterocycles. The number of anilines is 2. The van der Waals surface area contributed by atoms with Crippen molar-refractivity contribution in [2.75, 3.05) is 49.1 Å². The van der Waals surface area contributed by atoms with Gasteiger partial charge in [0.25, 0.3) is 0 Å². The number of pyridine rings is 2. The maximum absolute atomic E-state index is 14.7. The van der Waals surface area contributed by atoms with E-state index in [4.69, 9.17) is 15.7 Å². The van der Waals surface area contributed by atoms with Crippen LogP contribution in [-0.2, 0) is 11.2 Å². The number of nitrogens with two attached hydrogens (primary N) is 1. The van der Waals surface area contributed by atoms with Gasteiger partial charge in [-0.2, -0.15) is 0 Å². The first-order chi connectivity index (χ1) is 17.0. The quantitative estimate of drug-likeness (QED) is 0.577. The molecule has 5 heterocycles. The van der Waals surface area contributed by atoms with Gasteiger partial charge in [0.05, 0.1) is 11.7 Å². The molecule has 3 aromatic rings. The van der Waals surface area contributed by atoms with Crippen LogP contribution in [0, 0.1) is 5.82 Å². The number of primary amides is 1. The predicted octanol–water partition coefficient (Wildman–Crippen LogP) is 2.19. The van der Waals surface area contributed by atoms with Gasteiger partial charge in [-0.15, -0.1) is 0 Å². The highest BCUT2D eigenvalue weighted by Gasteiger charge is 2.28. The second kappa shape index (κ2) is 9.91. The van der Waals surface area contributed by atoms with E-state index < -0.39 is 0 Å². The fourth-order valence-electron chi connectivity index (χ4n) is 4.74. The molecule has 0 spiro atoms. The minimum absolute atomic E-state index is 0.0377. The minimum Gasteiger partial charge on any atom is -0.370 e. The van der Waals surface area contributed by atoms with Crippen LogP contribution in [0.15, 0.2) is 42.7 Å². The van der Waals surface area contributed by atoms with Gasteiger partial charge in [0.2, 0.25) is 5.91 Å². The summed E-state index contributed by atoms with van der Waals surface area (Å²) in [7, 11) is 0. The number of hydrogen-bond acceptors (Lipinski definition) is 8. The molecule has 2 N–H and O–H groups in total. The maximum Gasteiger partial charge on any atom is 0.218 e. The second-order valence-electron chi connectivity index (χ2n) is 8.98. The van der Waals surface area contributed by atoms with Gasteiger partial charge in [0, 0.05) is 82.2 Å². The molecule has 3 aromatic heterocycles. The van der Waals surface area contributed by atoms with E-state index in [1.165, 1.54) is 12.1 Å². The highest BCUT2D eigenvalue weighted by Crippen LogP contribution is 2.33. The average molecular weight is 477 g/mol. The summed E-state index contributed by atoms with van der Waals surface area (Å²) in [5, 5.41) is 0. The second-order valence-corrected chi connectivity index (χ2v) is 8.98. The maximum atomic E-state index is 14.7. The summed E-state index contributed by atoms with van der Waals surface area (Å²) in [6, 6.07) is 8.64. The van der Waals surface area contributed by atoms with Gasteiger partial charge < -0.3 is 15.5 Å². The Balaban J connectivity index is 1.32. The molecule has 1 atom stereocenters. The van der Waals surface area contributed by atoms with Crippen LogP contribution in [0.5, 0.6) is 0 Å². The molecular weight excluding hydrogens is 447 g/mol. The molecule has 0 aliphatic carbocycles. The van der Waals surface area contributed by atoms with Gasteiger partial charge in [-0.05, 0) is 19.1 Å². The normalized spacial score (nSPS) is 18.4. The lowest BCUT2D eigenvalue weighted by molar-refractivity contribution is -0.118. The molecule has 9 nitrogen and oxygen atoms in total. The van der Waals surface area contributed by atoms with Gasteiger partial charge in [0.1, 0.15) is 23.1 Å². The molecule has 1 unspecified atom stereocenters. The number of carbonyl (C=O) groups excluding carboxylic acids is 1. The standard InChI is InChI=1S/C25H29FN8O/c1-17-19-16-29-25(21-4-2-3-7-28-21)30-20(19)5-9-34(17)24-15-18(26)14-23(31-24)33-12-10-32(11-13-33)8-6-22(27)35/h2-4,7,14-17H,5-6,8-13H2,1H3,(H2,27,35). The molecule has 2 aliphatic heterocycles. The first-order valence-corrected chi connectivity index (χ1v) is 11.9. The highest BCUT2D eigenvalue weighted by atomic mass is 19.1. The first-order valence-electron chi connectivity index (χ1n) is 11.9. The van der Waals surface area contributed by atoms with E-state index in [9.17, 15) is 9.18 Å². The van der Waals surface area contributed by atoms with Gasteiger partial charge in [-0.1, -0.05) is 6.07 Å². The van der Waals surface area contributed by atoms with E-state index in [2.05, 4.69) is 31.6 Å². The number of fused-ring (bicyclic) bond motifs is 1. The van der Waals surface area contributed by atoms with Crippen LogP contribution in [-0.4, -0.2) is 70.0 Å². The Hall–Kier alpha value is -3.66. The van der Waals surface area contributed by atoms with Crippen molar-refractivity contribution in [3.05, 3.63) is 59.8 Å². The van der Waals surface area contributed by atoms with E-state index in [0.717, 1.165) is 43.1 Å². The number of halogens is 1. The van der Waals surface area contributed by atoms with Gasteiger partial charge in [-0.3, -0.25) is 14.7 Å². The summed E-state index contributed by atoms with van der Waals surface area (Å²) in [5.41, 5.74) is 8.02. The molecule has 0 aromatic carbocycles. The lowest BCUT2D eigenvalue weighted by Gasteiger charge is -2.37. The van der Waals surface area contributed by atoms with E-state index in [1.807, 2.05) is 24.4 Å². The summed E-state index contributed by atoms with van der Waals surface area (Å²) < 4.78 is 14.7. The third-order valence-corrected chi connectivity index (χ3v) is 6.73. The smallest absolute Gasteiger partial charge is 0.218 e. The summed E-state index contributed by atoms with van der Waals surface area (Å²) in [4.78, 5) is 36.0. The molecule has 10 heteroatoms. The summed E-state index contributed by atoms with van der Waals surface area (Å²) >= 11 is 0. The number of nitrogens with zero attached hydrogens (tertiary/aromatic N) is 7. The van der Waals surface area contributed by atoms with Crippen LogP contribution >= 0.6 is 0 Å². The molecule has 2 aliphatic rings. The molecule has 1 fully saturated rings. The number of hydrogen-bond donors (Lipinski definition) is 1. The van der Waals surface area contributed by atoms with Crippen molar-refractivity contribution in [1.82, 2.24) is 24.8 Å². The van der Waals surface area contributed by atoms with Crippen molar-refractivity contribution in [3.8, 4) is 11.5 Å². The largest absolute Gasteiger partial charge is 0.370 e. The third-order valence-electron chi connectivity index (χ3n) is 6.73. The zero-order chi connectivity index (χ0) is 24.4. The lowest BCUT2D eigenvalue weighted by Crippen LogP contribution is -2.47. The lowest BCUT2D eigenvalue weighted by atomic mass is 9.99. The fourth-order valence-corrected chi connectivity index (χ4v) is 4.74. The zero-order valence-corrected chi connectivity index (χ0v) is 19.8. The van der Waals surface area contributed by atoms with Crippen LogP contribution in [0.2, 0.25) is 0 Å². The van der Waals surface area contributed by atoms with E-state index in [-0.39, 0.29) is 17.8 Å². The van der Waals surface area contributed by atoms with Gasteiger partial charge >= 0.3 is 0 Å². The van der Waals surface area contributed by atoms with Crippen LogP contribution in [0.4, 0.5) is 16.0 Å². The summed E-state index contributed by atoms with van der Waals surface area (Å²) in [6.07, 6.45) is 4.66. The SMILES string of the molecule is CC1c2cnc(-c3ccccn3)nc2CCN1c1cc(F)cc(N2CCN(CCC(N)=O)CC2)n1. The molecule has 1 amide bonds. The van der Waals surface area contributed by atoms with Crippen LogP contribution < -0.4 is 15.5 Å². The molecular formula is C25H29FN8O. The van der Waals surface area contributed by atoms with E-state index in [1.54, 1.807) is 6.20 Å². The van der Waals surface area contributed by atoms with Crippen molar-refractivity contribution in [3.63, 3.8) is 0 Å². The average Bonchev–Trinajstić information content (AvgIpc) is 2.88. The summed E-state index contributed by atoms with van der Waals surface area (Å²) in [5.74, 6) is 1.27. The minimum atomic E-state index is -0.305. The van der Waals surface area contributed by atoms with Crippen molar-refractivity contribution in [2.24, 2.45) is 5.73 Å². The van der Waals surface area contributed by atoms with Crippen molar-refractivity contribution < 1.29 is 9.18 Å².